The van der Waals surface area contributed by atoms with Crippen LogP contribution in [0.4, 0.5) is 0 Å². The zero-order valence-corrected chi connectivity index (χ0v) is 8.21. The minimum absolute atomic E-state index is 0.0830. The summed E-state index contributed by atoms with van der Waals surface area (Å²) in [7, 11) is 0. The summed E-state index contributed by atoms with van der Waals surface area (Å²) in [5.74, 6) is 0. The Kier molecular flexibility index (Phi) is 1.90. The first-order chi connectivity index (χ1) is 5.53. The molecule has 1 N–H and O–H groups in total. The second-order valence-corrected chi connectivity index (χ2v) is 4.96. The summed E-state index contributed by atoms with van der Waals surface area (Å²) >= 11 is 6.07. The van der Waals surface area contributed by atoms with Crippen molar-refractivity contribution >= 4 is 11.6 Å². The number of aliphatic hydroxyl groups is 1. The summed E-state index contributed by atoms with van der Waals surface area (Å²) in [6.07, 6.45) is 1.90. The lowest BCUT2D eigenvalue weighted by Crippen LogP contribution is -2.52. The highest BCUT2D eigenvalue weighted by atomic mass is 35.5. The van der Waals surface area contributed by atoms with Gasteiger partial charge in [0.2, 0.25) is 0 Å². The Morgan fingerprint density at radius 3 is 2.75 bits per heavy atom. The van der Waals surface area contributed by atoms with E-state index in [1.165, 1.54) is 0 Å². The lowest BCUT2D eigenvalue weighted by Gasteiger charge is -2.43. The van der Waals surface area contributed by atoms with E-state index in [1.54, 1.807) is 0 Å². The van der Waals surface area contributed by atoms with E-state index in [0.29, 0.717) is 0 Å². The van der Waals surface area contributed by atoms with Crippen LogP contribution in [0.1, 0.15) is 26.7 Å². The third kappa shape index (κ3) is 1.02. The van der Waals surface area contributed by atoms with Gasteiger partial charge >= 0.3 is 0 Å². The first-order valence-electron chi connectivity index (χ1n) is 4.51. The fourth-order valence-corrected chi connectivity index (χ4v) is 2.76. The normalized spacial score (nSPS) is 51.0. The minimum Gasteiger partial charge on any atom is -0.391 e. The Labute approximate surface area is 77.9 Å². The zero-order valence-electron chi connectivity index (χ0n) is 7.46. The standard InChI is InChI=1S/C9H15ClO2/c1-9(2)6-4-3-5(12-6)7(10)8(9)11/h5-8,11H,3-4H2,1-2H3/t5-,6+,7-,8-/m1/s1. The fraction of sp³-hybridized carbons (Fsp3) is 1.00. The molecule has 0 aromatic carbocycles. The van der Waals surface area contributed by atoms with Gasteiger partial charge in [0.05, 0.1) is 23.7 Å². The lowest BCUT2D eigenvalue weighted by molar-refractivity contribution is -0.134. The Balaban J connectivity index is 2.26. The van der Waals surface area contributed by atoms with Gasteiger partial charge in [0.1, 0.15) is 0 Å². The van der Waals surface area contributed by atoms with Gasteiger partial charge in [-0.3, -0.25) is 0 Å². The average molecular weight is 191 g/mol. The van der Waals surface area contributed by atoms with Crippen LogP contribution in [0.5, 0.6) is 0 Å². The molecule has 0 aliphatic carbocycles. The van der Waals surface area contributed by atoms with E-state index < -0.39 is 6.10 Å². The van der Waals surface area contributed by atoms with Crippen molar-refractivity contribution in [3.05, 3.63) is 0 Å². The molecule has 0 saturated carbocycles. The molecular weight excluding hydrogens is 176 g/mol. The van der Waals surface area contributed by atoms with Gasteiger partial charge in [0.25, 0.3) is 0 Å². The largest absolute Gasteiger partial charge is 0.391 e. The van der Waals surface area contributed by atoms with Gasteiger partial charge in [-0.2, -0.15) is 0 Å². The predicted octanol–water partition coefficient (Wildman–Crippen LogP) is 1.54. The van der Waals surface area contributed by atoms with Crippen molar-refractivity contribution in [3.63, 3.8) is 0 Å². The van der Waals surface area contributed by atoms with Crippen LogP contribution in [0.2, 0.25) is 0 Å². The molecule has 4 atom stereocenters. The molecule has 12 heavy (non-hydrogen) atoms. The number of rotatable bonds is 0. The van der Waals surface area contributed by atoms with E-state index in [9.17, 15) is 5.11 Å². The van der Waals surface area contributed by atoms with Crippen molar-refractivity contribution in [3.8, 4) is 0 Å². The van der Waals surface area contributed by atoms with E-state index in [4.69, 9.17) is 16.3 Å². The molecule has 0 amide bonds. The summed E-state index contributed by atoms with van der Waals surface area (Å²) in [5.41, 5.74) is -0.181. The molecule has 0 aromatic rings. The molecular formula is C9H15ClO2. The highest BCUT2D eigenvalue weighted by Gasteiger charge is 2.52. The molecule has 2 fully saturated rings. The van der Waals surface area contributed by atoms with Crippen molar-refractivity contribution < 1.29 is 9.84 Å². The molecule has 0 aromatic heterocycles. The maximum absolute atomic E-state index is 9.87. The first kappa shape index (κ1) is 8.79. The van der Waals surface area contributed by atoms with Gasteiger partial charge in [-0.15, -0.1) is 11.6 Å². The number of alkyl halides is 1. The van der Waals surface area contributed by atoms with Crippen molar-refractivity contribution in [1.29, 1.82) is 0 Å². The van der Waals surface area contributed by atoms with E-state index in [1.807, 2.05) is 13.8 Å². The quantitative estimate of drug-likeness (QED) is 0.588. The zero-order chi connectivity index (χ0) is 8.93. The third-order valence-corrected chi connectivity index (χ3v) is 3.82. The smallest absolute Gasteiger partial charge is 0.0863 e. The summed E-state index contributed by atoms with van der Waals surface area (Å²) in [6.45, 7) is 4.05. The summed E-state index contributed by atoms with van der Waals surface area (Å²) in [6, 6.07) is 0. The van der Waals surface area contributed by atoms with Crippen LogP contribution < -0.4 is 0 Å². The van der Waals surface area contributed by atoms with E-state index in [-0.39, 0.29) is 23.0 Å². The molecule has 0 spiro atoms. The summed E-state index contributed by atoms with van der Waals surface area (Å²) in [4.78, 5) is 0. The number of hydrogen-bond acceptors (Lipinski definition) is 2. The molecule has 2 heterocycles. The van der Waals surface area contributed by atoms with Crippen molar-refractivity contribution in [2.75, 3.05) is 0 Å². The molecule has 70 valence electrons. The second kappa shape index (κ2) is 2.60. The molecule has 2 aliphatic rings. The van der Waals surface area contributed by atoms with Crippen molar-refractivity contribution in [1.82, 2.24) is 0 Å². The van der Waals surface area contributed by atoms with Gasteiger partial charge in [-0.25, -0.2) is 0 Å². The average Bonchev–Trinajstić information content (AvgIpc) is 2.46. The van der Waals surface area contributed by atoms with Crippen LogP contribution in [0.3, 0.4) is 0 Å². The van der Waals surface area contributed by atoms with Crippen LogP contribution in [0, 0.1) is 5.41 Å². The minimum atomic E-state index is -0.426. The highest BCUT2D eigenvalue weighted by molar-refractivity contribution is 6.21. The monoisotopic (exact) mass is 190 g/mol. The molecule has 2 aliphatic heterocycles. The van der Waals surface area contributed by atoms with Gasteiger partial charge in [-0.05, 0) is 12.8 Å². The topological polar surface area (TPSA) is 29.5 Å². The van der Waals surface area contributed by atoms with E-state index in [0.717, 1.165) is 12.8 Å². The van der Waals surface area contributed by atoms with E-state index >= 15 is 0 Å². The van der Waals surface area contributed by atoms with Gasteiger partial charge in [-0.1, -0.05) is 13.8 Å². The van der Waals surface area contributed by atoms with Gasteiger partial charge in [0, 0.05) is 5.41 Å². The molecule has 2 saturated heterocycles. The third-order valence-electron chi connectivity index (χ3n) is 3.30. The maximum atomic E-state index is 9.87. The number of fused-ring (bicyclic) bond motifs is 2. The van der Waals surface area contributed by atoms with Gasteiger partial charge < -0.3 is 9.84 Å². The molecule has 3 heteroatoms. The summed E-state index contributed by atoms with van der Waals surface area (Å²) in [5, 5.41) is 9.65. The maximum Gasteiger partial charge on any atom is 0.0863 e. The Hall–Kier alpha value is 0.210. The molecule has 2 bridgehead atoms. The van der Waals surface area contributed by atoms with Crippen LogP contribution in [0.15, 0.2) is 0 Å². The summed E-state index contributed by atoms with van der Waals surface area (Å²) < 4.78 is 5.70. The SMILES string of the molecule is CC1(C)[C@@H]2CC[C@@H](O2)[C@@H](Cl)[C@H]1O. The van der Waals surface area contributed by atoms with E-state index in [2.05, 4.69) is 0 Å². The molecule has 2 rings (SSSR count). The van der Waals surface area contributed by atoms with Crippen molar-refractivity contribution in [2.24, 2.45) is 5.41 Å². The molecule has 0 radical (unpaired) electrons. The van der Waals surface area contributed by atoms with Crippen LogP contribution in [0.25, 0.3) is 0 Å². The van der Waals surface area contributed by atoms with Crippen LogP contribution in [-0.2, 0) is 4.74 Å². The highest BCUT2D eigenvalue weighted by Crippen LogP contribution is 2.46. The van der Waals surface area contributed by atoms with Crippen molar-refractivity contribution in [2.45, 2.75) is 50.4 Å². The number of halogens is 1. The van der Waals surface area contributed by atoms with Crippen LogP contribution >= 0.6 is 11.6 Å². The number of aliphatic hydroxyl groups excluding tert-OH is 1. The Morgan fingerprint density at radius 1 is 1.42 bits per heavy atom. The van der Waals surface area contributed by atoms with Crippen LogP contribution in [-0.4, -0.2) is 28.8 Å². The fourth-order valence-electron chi connectivity index (χ4n) is 2.25. The Morgan fingerprint density at radius 2 is 2.08 bits per heavy atom. The predicted molar refractivity (Wildman–Crippen MR) is 47.3 cm³/mol. The number of hydrogen-bond donors (Lipinski definition) is 1. The Bertz CT molecular complexity index is 193. The lowest BCUT2D eigenvalue weighted by atomic mass is 9.78. The second-order valence-electron chi connectivity index (χ2n) is 4.45. The molecule has 2 nitrogen and oxygen atoms in total. The molecule has 0 unspecified atom stereocenters. The number of ether oxygens (including phenoxy) is 1. The first-order valence-corrected chi connectivity index (χ1v) is 4.94. The van der Waals surface area contributed by atoms with Gasteiger partial charge in [0.15, 0.2) is 0 Å².